The number of carboxylic acid groups (broad SMARTS) is 1. The number of aliphatic carboxylic acids is 1. The minimum Gasteiger partial charge on any atom is -0.480 e. The maximum atomic E-state index is 13.0. The zero-order chi connectivity index (χ0) is 24.0. The second-order valence-corrected chi connectivity index (χ2v) is 6.48. The number of benzene rings is 1. The molecular formula is C17H11F6N5O4. The van der Waals surface area contributed by atoms with Crippen LogP contribution in [0.4, 0.5) is 31.1 Å². The van der Waals surface area contributed by atoms with Gasteiger partial charge < -0.3 is 5.11 Å². The molecule has 0 bridgehead atoms. The highest BCUT2D eigenvalue weighted by Gasteiger charge is 2.40. The van der Waals surface area contributed by atoms with Gasteiger partial charge in [0.1, 0.15) is 18.6 Å². The van der Waals surface area contributed by atoms with Crippen molar-refractivity contribution in [3.05, 3.63) is 41.4 Å². The zero-order valence-corrected chi connectivity index (χ0v) is 15.8. The lowest BCUT2D eigenvalue weighted by atomic mass is 10.0. The number of hydrogen-bond donors (Lipinski definition) is 1. The molecule has 2 heterocycles. The molecule has 0 aliphatic carbocycles. The largest absolute Gasteiger partial charge is 0.480 e. The summed E-state index contributed by atoms with van der Waals surface area (Å²) < 4.78 is 79.0. The van der Waals surface area contributed by atoms with Crippen LogP contribution in [0.15, 0.2) is 30.2 Å². The van der Waals surface area contributed by atoms with Gasteiger partial charge in [-0.15, -0.1) is 5.10 Å². The van der Waals surface area contributed by atoms with Crippen LogP contribution in [-0.4, -0.2) is 61.2 Å². The highest BCUT2D eigenvalue weighted by atomic mass is 19.4. The summed E-state index contributed by atoms with van der Waals surface area (Å²) in [7, 11) is 1.09. The van der Waals surface area contributed by atoms with Gasteiger partial charge in [0.05, 0.1) is 17.3 Å². The summed E-state index contributed by atoms with van der Waals surface area (Å²) in [6.07, 6.45) is -8.40. The van der Waals surface area contributed by atoms with Gasteiger partial charge in [-0.2, -0.15) is 26.3 Å². The van der Waals surface area contributed by atoms with Gasteiger partial charge in [0.25, 0.3) is 5.91 Å². The minimum atomic E-state index is -5.07. The Morgan fingerprint density at radius 1 is 1.06 bits per heavy atom. The molecule has 0 atom stereocenters. The van der Waals surface area contributed by atoms with E-state index >= 15 is 0 Å². The standard InChI is InChI=1S/C17H11F6N5O4/c1-26-14(31)11(28(15(26)32)6-12(29)30)5-27-7-24-13(25-27)8-2-9(16(18,19)20)4-10(3-8)17(21,22)23/h2-5,7H,6H2,1H3,(H,29,30). The van der Waals surface area contributed by atoms with Crippen LogP contribution in [0, 0.1) is 0 Å². The first-order valence-corrected chi connectivity index (χ1v) is 8.42. The predicted octanol–water partition coefficient (Wildman–Crippen LogP) is 2.76. The lowest BCUT2D eigenvalue weighted by Crippen LogP contribution is -2.33. The Bertz CT molecular complexity index is 1100. The Kier molecular flexibility index (Phi) is 5.44. The van der Waals surface area contributed by atoms with Crippen molar-refractivity contribution in [2.75, 3.05) is 13.6 Å². The number of alkyl halides is 6. The van der Waals surface area contributed by atoms with Crippen molar-refractivity contribution in [2.24, 2.45) is 0 Å². The predicted molar refractivity (Wildman–Crippen MR) is 92.2 cm³/mol. The van der Waals surface area contributed by atoms with Crippen LogP contribution in [0.25, 0.3) is 17.6 Å². The Balaban J connectivity index is 2.04. The number of amides is 3. The number of imide groups is 1. The van der Waals surface area contributed by atoms with Gasteiger partial charge >= 0.3 is 24.4 Å². The van der Waals surface area contributed by atoms with E-state index < -0.39 is 65.0 Å². The molecular weight excluding hydrogens is 452 g/mol. The number of hydrogen-bond acceptors (Lipinski definition) is 5. The fourth-order valence-corrected chi connectivity index (χ4v) is 2.75. The fourth-order valence-electron chi connectivity index (χ4n) is 2.75. The first-order valence-electron chi connectivity index (χ1n) is 8.42. The summed E-state index contributed by atoms with van der Waals surface area (Å²) in [5, 5.41) is 12.6. The molecule has 1 aromatic heterocycles. The van der Waals surface area contributed by atoms with Gasteiger partial charge in [-0.3, -0.25) is 19.4 Å². The summed E-state index contributed by atoms with van der Waals surface area (Å²) in [6, 6.07) is -0.143. The van der Waals surface area contributed by atoms with Crippen LogP contribution in [0.2, 0.25) is 0 Å². The number of likely N-dealkylation sites (N-methyl/N-ethyl adjacent to an activating group) is 1. The number of carbonyl (C=O) groups is 3. The van der Waals surface area contributed by atoms with E-state index in [2.05, 4.69) is 10.1 Å². The molecule has 1 aliphatic rings. The molecule has 1 saturated heterocycles. The number of nitrogens with zero attached hydrogens (tertiary/aromatic N) is 5. The van der Waals surface area contributed by atoms with E-state index in [-0.39, 0.29) is 6.07 Å². The Morgan fingerprint density at radius 3 is 2.12 bits per heavy atom. The van der Waals surface area contributed by atoms with Crippen LogP contribution < -0.4 is 0 Å². The van der Waals surface area contributed by atoms with Crippen LogP contribution in [-0.2, 0) is 21.9 Å². The molecule has 2 aromatic rings. The van der Waals surface area contributed by atoms with Crippen molar-refractivity contribution in [1.82, 2.24) is 24.6 Å². The molecule has 170 valence electrons. The van der Waals surface area contributed by atoms with E-state index in [0.29, 0.717) is 21.9 Å². The second kappa shape index (κ2) is 7.65. The summed E-state index contributed by atoms with van der Waals surface area (Å²) >= 11 is 0. The molecule has 0 saturated carbocycles. The van der Waals surface area contributed by atoms with Gasteiger partial charge in [-0.1, -0.05) is 0 Å². The second-order valence-electron chi connectivity index (χ2n) is 6.48. The van der Waals surface area contributed by atoms with Gasteiger partial charge in [0.2, 0.25) is 0 Å². The van der Waals surface area contributed by atoms with Crippen LogP contribution in [0.3, 0.4) is 0 Å². The van der Waals surface area contributed by atoms with Crippen molar-refractivity contribution in [3.63, 3.8) is 0 Å². The maximum Gasteiger partial charge on any atom is 0.416 e. The van der Waals surface area contributed by atoms with Crippen molar-refractivity contribution in [2.45, 2.75) is 12.4 Å². The quantitative estimate of drug-likeness (QED) is 0.425. The number of aromatic nitrogens is 3. The number of halogens is 6. The third-order valence-corrected chi connectivity index (χ3v) is 4.23. The van der Waals surface area contributed by atoms with E-state index in [1.165, 1.54) is 0 Å². The average molecular weight is 463 g/mol. The fraction of sp³-hybridized carbons (Fsp3) is 0.235. The number of rotatable bonds is 4. The first-order chi connectivity index (χ1) is 14.7. The molecule has 0 unspecified atom stereocenters. The molecule has 9 nitrogen and oxygen atoms in total. The summed E-state index contributed by atoms with van der Waals surface area (Å²) in [4.78, 5) is 40.0. The van der Waals surface area contributed by atoms with Crippen LogP contribution >= 0.6 is 0 Å². The Morgan fingerprint density at radius 2 is 1.62 bits per heavy atom. The summed E-state index contributed by atoms with van der Waals surface area (Å²) in [5.41, 5.74) is -4.17. The molecule has 3 rings (SSSR count). The Labute approximate surface area is 174 Å². The highest BCUT2D eigenvalue weighted by molar-refractivity contribution is 6.13. The van der Waals surface area contributed by atoms with Gasteiger partial charge in [-0.25, -0.2) is 14.5 Å². The molecule has 15 heteroatoms. The molecule has 0 spiro atoms. The molecule has 1 aliphatic heterocycles. The van der Waals surface area contributed by atoms with Crippen LogP contribution in [0.1, 0.15) is 11.1 Å². The van der Waals surface area contributed by atoms with E-state index in [0.717, 1.165) is 24.3 Å². The van der Waals surface area contributed by atoms with E-state index in [9.17, 15) is 40.7 Å². The molecule has 0 radical (unpaired) electrons. The SMILES string of the molecule is CN1C(=O)C(=Cn2cnc(-c3cc(C(F)(F)F)cc(C(F)(F)F)c3)n2)N(CC(=O)O)C1=O. The van der Waals surface area contributed by atoms with Crippen molar-refractivity contribution in [3.8, 4) is 11.4 Å². The van der Waals surface area contributed by atoms with Gasteiger partial charge in [0.15, 0.2) is 5.82 Å². The molecule has 1 fully saturated rings. The van der Waals surface area contributed by atoms with Gasteiger partial charge in [0, 0.05) is 12.6 Å². The number of carbonyl (C=O) groups excluding carboxylic acids is 2. The average Bonchev–Trinajstić information content (AvgIpc) is 3.22. The van der Waals surface area contributed by atoms with Gasteiger partial charge in [-0.05, 0) is 18.2 Å². The molecule has 3 amide bonds. The summed E-state index contributed by atoms with van der Waals surface area (Å²) in [5.74, 6) is -2.87. The molecule has 1 N–H and O–H groups in total. The van der Waals surface area contributed by atoms with Crippen molar-refractivity contribution >= 4 is 24.1 Å². The molecule has 32 heavy (non-hydrogen) atoms. The highest BCUT2D eigenvalue weighted by Crippen LogP contribution is 2.38. The van der Waals surface area contributed by atoms with E-state index in [1.54, 1.807) is 0 Å². The monoisotopic (exact) mass is 463 g/mol. The zero-order valence-electron chi connectivity index (χ0n) is 15.8. The maximum absolute atomic E-state index is 13.0. The van der Waals surface area contributed by atoms with E-state index in [4.69, 9.17) is 5.11 Å². The number of urea groups is 1. The third kappa shape index (κ3) is 4.40. The molecule has 1 aromatic carbocycles. The Hall–Kier alpha value is -3.91. The topological polar surface area (TPSA) is 109 Å². The van der Waals surface area contributed by atoms with Crippen LogP contribution in [0.5, 0.6) is 0 Å². The normalized spacial score (nSPS) is 16.4. The van der Waals surface area contributed by atoms with Crippen molar-refractivity contribution in [1.29, 1.82) is 0 Å². The summed E-state index contributed by atoms with van der Waals surface area (Å²) in [6.45, 7) is -0.870. The van der Waals surface area contributed by atoms with E-state index in [1.807, 2.05) is 0 Å². The van der Waals surface area contributed by atoms with Crippen molar-refractivity contribution < 1.29 is 45.8 Å². The lowest BCUT2D eigenvalue weighted by Gasteiger charge is -2.13. The first kappa shape index (κ1) is 22.8. The number of carboxylic acids is 1. The lowest BCUT2D eigenvalue weighted by molar-refractivity contribution is -0.143. The third-order valence-electron chi connectivity index (χ3n) is 4.23. The smallest absolute Gasteiger partial charge is 0.416 e. The minimum absolute atomic E-state index is 0.0507.